The second kappa shape index (κ2) is 6.88. The molecule has 0 radical (unpaired) electrons. The lowest BCUT2D eigenvalue weighted by Gasteiger charge is -2.29. The first-order valence-electron chi connectivity index (χ1n) is 8.73. The van der Waals surface area contributed by atoms with Gasteiger partial charge in [-0.1, -0.05) is 45.0 Å². The van der Waals surface area contributed by atoms with Crippen molar-refractivity contribution in [3.05, 3.63) is 57.6 Å². The van der Waals surface area contributed by atoms with Crippen LogP contribution in [0.5, 0.6) is 11.5 Å². The van der Waals surface area contributed by atoms with E-state index in [0.717, 1.165) is 22.3 Å². The quantitative estimate of drug-likeness (QED) is 0.750. The van der Waals surface area contributed by atoms with Crippen molar-refractivity contribution in [1.29, 1.82) is 0 Å². The summed E-state index contributed by atoms with van der Waals surface area (Å²) in [5.74, 6) is 1.97. The molecule has 0 bridgehead atoms. The molecule has 0 saturated heterocycles. The molecule has 0 aliphatic rings. The molecule has 24 heavy (non-hydrogen) atoms. The van der Waals surface area contributed by atoms with Gasteiger partial charge in [0.1, 0.15) is 11.5 Å². The predicted octanol–water partition coefficient (Wildman–Crippen LogP) is 5.76. The number of phenolic OH excluding ortho intramolecular Hbond substituents is 2. The largest absolute Gasteiger partial charge is 0.507 e. The normalized spacial score (nSPS) is 12.9. The van der Waals surface area contributed by atoms with Crippen LogP contribution in [0.2, 0.25) is 0 Å². The van der Waals surface area contributed by atoms with Crippen molar-refractivity contribution in [1.82, 2.24) is 0 Å². The highest BCUT2D eigenvalue weighted by Crippen LogP contribution is 2.40. The highest BCUT2D eigenvalue weighted by Gasteiger charge is 2.26. The van der Waals surface area contributed by atoms with E-state index in [1.54, 1.807) is 0 Å². The van der Waals surface area contributed by atoms with Gasteiger partial charge in [-0.2, -0.15) is 0 Å². The van der Waals surface area contributed by atoms with Gasteiger partial charge >= 0.3 is 0 Å². The molecular formula is C22H30O2. The van der Waals surface area contributed by atoms with Crippen molar-refractivity contribution >= 4 is 0 Å². The molecule has 0 fully saturated rings. The first-order chi connectivity index (χ1) is 11.1. The van der Waals surface area contributed by atoms with E-state index in [2.05, 4.69) is 45.0 Å². The van der Waals surface area contributed by atoms with Gasteiger partial charge in [0.15, 0.2) is 0 Å². The van der Waals surface area contributed by atoms with Gasteiger partial charge in [0.25, 0.3) is 0 Å². The average molecular weight is 326 g/mol. The number of phenols is 2. The number of hydrogen-bond acceptors (Lipinski definition) is 2. The second-order valence-electron chi connectivity index (χ2n) is 7.59. The lowest BCUT2D eigenvalue weighted by molar-refractivity contribution is 0.376. The minimum absolute atomic E-state index is 0.237. The van der Waals surface area contributed by atoms with E-state index in [1.807, 2.05) is 27.7 Å². The van der Waals surface area contributed by atoms with Gasteiger partial charge in [-0.25, -0.2) is 0 Å². The summed E-state index contributed by atoms with van der Waals surface area (Å²) in [6.45, 7) is 14.6. The minimum atomic E-state index is 0.237. The van der Waals surface area contributed by atoms with Crippen molar-refractivity contribution in [3.63, 3.8) is 0 Å². The topological polar surface area (TPSA) is 40.5 Å². The van der Waals surface area contributed by atoms with Crippen LogP contribution in [-0.2, 0) is 0 Å². The molecule has 0 aliphatic carbocycles. The zero-order valence-electron chi connectivity index (χ0n) is 15.9. The predicted molar refractivity (Wildman–Crippen MR) is 101 cm³/mol. The first kappa shape index (κ1) is 18.4. The van der Waals surface area contributed by atoms with E-state index in [-0.39, 0.29) is 5.92 Å². The third kappa shape index (κ3) is 3.43. The zero-order chi connectivity index (χ0) is 18.2. The van der Waals surface area contributed by atoms with Crippen LogP contribution in [0.15, 0.2) is 24.3 Å². The van der Waals surface area contributed by atoms with E-state index in [4.69, 9.17) is 0 Å². The van der Waals surface area contributed by atoms with E-state index >= 15 is 0 Å². The number of aryl methyl sites for hydroxylation is 4. The van der Waals surface area contributed by atoms with Crippen molar-refractivity contribution in [3.8, 4) is 11.5 Å². The molecule has 1 unspecified atom stereocenters. The molecule has 2 aromatic rings. The Morgan fingerprint density at radius 1 is 0.625 bits per heavy atom. The standard InChI is InChI=1S/C22H30O2/c1-12(2)17(7)20(18-8-13(3)21(23)14(4)9-18)19-10-15(5)22(24)16(6)11-19/h8-12,17,20,23-24H,1-7H3. The summed E-state index contributed by atoms with van der Waals surface area (Å²) in [6.07, 6.45) is 0. The fourth-order valence-electron chi connectivity index (χ4n) is 3.52. The van der Waals surface area contributed by atoms with Crippen LogP contribution in [0.1, 0.15) is 60.1 Å². The zero-order valence-corrected chi connectivity index (χ0v) is 15.9. The third-order valence-corrected chi connectivity index (χ3v) is 5.32. The maximum Gasteiger partial charge on any atom is 0.121 e. The summed E-state index contributed by atoms with van der Waals surface area (Å²) in [5, 5.41) is 20.2. The van der Waals surface area contributed by atoms with Crippen LogP contribution in [0, 0.1) is 39.5 Å². The molecule has 2 heteroatoms. The first-order valence-corrected chi connectivity index (χ1v) is 8.73. The van der Waals surface area contributed by atoms with Gasteiger partial charge in [0.2, 0.25) is 0 Å². The second-order valence-corrected chi connectivity index (χ2v) is 7.59. The Morgan fingerprint density at radius 3 is 1.17 bits per heavy atom. The minimum Gasteiger partial charge on any atom is -0.507 e. The molecule has 0 aliphatic heterocycles. The fourth-order valence-corrected chi connectivity index (χ4v) is 3.52. The van der Waals surface area contributed by atoms with Crippen LogP contribution in [0.25, 0.3) is 0 Å². The van der Waals surface area contributed by atoms with Crippen LogP contribution < -0.4 is 0 Å². The molecule has 1 atom stereocenters. The van der Waals surface area contributed by atoms with Crippen LogP contribution >= 0.6 is 0 Å². The maximum absolute atomic E-state index is 10.1. The van der Waals surface area contributed by atoms with Gasteiger partial charge < -0.3 is 10.2 Å². The van der Waals surface area contributed by atoms with Crippen LogP contribution in [-0.4, -0.2) is 10.2 Å². The van der Waals surface area contributed by atoms with E-state index < -0.39 is 0 Å². The van der Waals surface area contributed by atoms with E-state index in [1.165, 1.54) is 11.1 Å². The number of hydrogen-bond donors (Lipinski definition) is 2. The molecule has 0 amide bonds. The Labute approximate surface area is 146 Å². The molecule has 2 nitrogen and oxygen atoms in total. The Kier molecular flexibility index (Phi) is 5.27. The van der Waals surface area contributed by atoms with Crippen LogP contribution in [0.4, 0.5) is 0 Å². The molecule has 130 valence electrons. The summed E-state index contributed by atoms with van der Waals surface area (Å²) in [5.41, 5.74) is 6.12. The number of aromatic hydroxyl groups is 2. The van der Waals surface area contributed by atoms with Crippen LogP contribution in [0.3, 0.4) is 0 Å². The lowest BCUT2D eigenvalue weighted by Crippen LogP contribution is -2.17. The van der Waals surface area contributed by atoms with E-state index in [9.17, 15) is 10.2 Å². The van der Waals surface area contributed by atoms with Crippen molar-refractivity contribution in [2.24, 2.45) is 11.8 Å². The van der Waals surface area contributed by atoms with E-state index in [0.29, 0.717) is 23.3 Å². The molecule has 2 N–H and O–H groups in total. The molecule has 2 rings (SSSR count). The molecular weight excluding hydrogens is 296 g/mol. The van der Waals surface area contributed by atoms with Crippen molar-refractivity contribution in [2.75, 3.05) is 0 Å². The van der Waals surface area contributed by atoms with Gasteiger partial charge in [-0.15, -0.1) is 0 Å². The Morgan fingerprint density at radius 2 is 0.917 bits per heavy atom. The van der Waals surface area contributed by atoms with Crippen molar-refractivity contribution < 1.29 is 10.2 Å². The van der Waals surface area contributed by atoms with Gasteiger partial charge in [0.05, 0.1) is 0 Å². The number of rotatable bonds is 4. The summed E-state index contributed by atoms with van der Waals surface area (Å²) < 4.78 is 0. The van der Waals surface area contributed by atoms with Gasteiger partial charge in [-0.3, -0.25) is 0 Å². The highest BCUT2D eigenvalue weighted by molar-refractivity contribution is 5.49. The Bertz CT molecular complexity index is 640. The molecule has 2 aromatic carbocycles. The molecule has 0 aromatic heterocycles. The highest BCUT2D eigenvalue weighted by atomic mass is 16.3. The molecule has 0 heterocycles. The van der Waals surface area contributed by atoms with Crippen molar-refractivity contribution in [2.45, 2.75) is 54.4 Å². The van der Waals surface area contributed by atoms with Gasteiger partial charge in [0, 0.05) is 5.92 Å². The monoisotopic (exact) mass is 326 g/mol. The summed E-state index contributed by atoms with van der Waals surface area (Å²) in [6, 6.07) is 8.40. The third-order valence-electron chi connectivity index (χ3n) is 5.32. The average Bonchev–Trinajstić information content (AvgIpc) is 2.50. The Hall–Kier alpha value is -1.96. The summed E-state index contributed by atoms with van der Waals surface area (Å²) in [4.78, 5) is 0. The summed E-state index contributed by atoms with van der Waals surface area (Å²) >= 11 is 0. The molecule has 0 saturated carbocycles. The number of benzene rings is 2. The smallest absolute Gasteiger partial charge is 0.121 e. The summed E-state index contributed by atoms with van der Waals surface area (Å²) in [7, 11) is 0. The van der Waals surface area contributed by atoms with Gasteiger partial charge in [-0.05, 0) is 72.9 Å². The maximum atomic E-state index is 10.1. The SMILES string of the molecule is Cc1cc(C(c2cc(C)c(O)c(C)c2)C(C)C(C)C)cc(C)c1O. The lowest BCUT2D eigenvalue weighted by atomic mass is 9.75. The molecule has 0 spiro atoms. The Balaban J connectivity index is 2.67. The fraction of sp³-hybridized carbons (Fsp3) is 0.455.